The molecule has 6 nitrogen and oxygen atoms in total. The van der Waals surface area contributed by atoms with Crippen LogP contribution in [0.3, 0.4) is 0 Å². The lowest BCUT2D eigenvalue weighted by Crippen LogP contribution is -2.49. The lowest BCUT2D eigenvalue weighted by molar-refractivity contribution is -0.143. The molecule has 0 unspecified atom stereocenters. The minimum atomic E-state index is -0.798. The van der Waals surface area contributed by atoms with Crippen molar-refractivity contribution in [3.8, 4) is 5.75 Å². The SMILES string of the molecule is CCOC(C)(C)C(=O)N[C@H]1CC[C@H](Oc2cccc3nc(C)cc(N)c23)CC1. The molecule has 1 aromatic heterocycles. The summed E-state index contributed by atoms with van der Waals surface area (Å²) in [5.74, 6) is 0.731. The van der Waals surface area contributed by atoms with Crippen molar-refractivity contribution in [2.45, 2.75) is 71.1 Å². The predicted octanol–water partition coefficient (Wildman–Crippen LogP) is 3.75. The summed E-state index contributed by atoms with van der Waals surface area (Å²) >= 11 is 0. The number of rotatable bonds is 6. The minimum absolute atomic E-state index is 0.0537. The lowest BCUT2D eigenvalue weighted by Gasteiger charge is -2.32. The number of hydrogen-bond donors (Lipinski definition) is 2. The second-order valence-corrected chi connectivity index (χ2v) is 8.01. The molecule has 1 aliphatic rings. The topological polar surface area (TPSA) is 86.5 Å². The number of nitrogens with two attached hydrogens (primary N) is 1. The van der Waals surface area contributed by atoms with E-state index in [0.29, 0.717) is 12.3 Å². The molecule has 1 fully saturated rings. The highest BCUT2D eigenvalue weighted by atomic mass is 16.5. The van der Waals surface area contributed by atoms with Crippen molar-refractivity contribution in [2.24, 2.45) is 0 Å². The normalized spacial score (nSPS) is 20.1. The van der Waals surface area contributed by atoms with Crippen LogP contribution < -0.4 is 15.8 Å². The second kappa shape index (κ2) is 8.35. The largest absolute Gasteiger partial charge is 0.490 e. The zero-order valence-electron chi connectivity index (χ0n) is 17.2. The molecular weight excluding hydrogens is 354 g/mol. The molecule has 2 aromatic rings. The van der Waals surface area contributed by atoms with Crippen molar-refractivity contribution in [2.75, 3.05) is 12.3 Å². The summed E-state index contributed by atoms with van der Waals surface area (Å²) in [5.41, 5.74) is 7.87. The zero-order chi connectivity index (χ0) is 20.3. The van der Waals surface area contributed by atoms with Crippen molar-refractivity contribution >= 4 is 22.5 Å². The van der Waals surface area contributed by atoms with E-state index in [2.05, 4.69) is 10.3 Å². The monoisotopic (exact) mass is 385 g/mol. The number of benzene rings is 1. The van der Waals surface area contributed by atoms with E-state index in [1.165, 1.54) is 0 Å². The van der Waals surface area contributed by atoms with Crippen molar-refractivity contribution in [3.63, 3.8) is 0 Å². The van der Waals surface area contributed by atoms with Crippen LogP contribution in [0.5, 0.6) is 5.75 Å². The van der Waals surface area contributed by atoms with Crippen molar-refractivity contribution in [3.05, 3.63) is 30.0 Å². The fourth-order valence-corrected chi connectivity index (χ4v) is 3.81. The molecule has 1 aromatic carbocycles. The first kappa shape index (κ1) is 20.4. The van der Waals surface area contributed by atoms with Gasteiger partial charge in [-0.15, -0.1) is 0 Å². The predicted molar refractivity (Wildman–Crippen MR) is 111 cm³/mol. The minimum Gasteiger partial charge on any atom is -0.490 e. The van der Waals surface area contributed by atoms with E-state index in [1.807, 2.05) is 38.1 Å². The highest BCUT2D eigenvalue weighted by molar-refractivity contribution is 5.95. The molecule has 28 heavy (non-hydrogen) atoms. The van der Waals surface area contributed by atoms with Gasteiger partial charge in [-0.25, -0.2) is 0 Å². The fourth-order valence-electron chi connectivity index (χ4n) is 3.81. The van der Waals surface area contributed by atoms with Crippen LogP contribution in [0, 0.1) is 6.92 Å². The van der Waals surface area contributed by atoms with Crippen LogP contribution in [0.4, 0.5) is 5.69 Å². The van der Waals surface area contributed by atoms with Gasteiger partial charge in [0.05, 0.1) is 17.0 Å². The molecule has 0 spiro atoms. The number of aryl methyl sites for hydroxylation is 1. The van der Waals surface area contributed by atoms with Crippen LogP contribution in [0.25, 0.3) is 10.9 Å². The molecule has 1 saturated carbocycles. The van der Waals surface area contributed by atoms with Gasteiger partial charge in [-0.1, -0.05) is 6.07 Å². The van der Waals surface area contributed by atoms with Crippen LogP contribution in [0.15, 0.2) is 24.3 Å². The fraction of sp³-hybridized carbons (Fsp3) is 0.545. The summed E-state index contributed by atoms with van der Waals surface area (Å²) < 4.78 is 11.8. The Kier molecular flexibility index (Phi) is 6.08. The Balaban J connectivity index is 1.61. The Morgan fingerprint density at radius 3 is 2.68 bits per heavy atom. The smallest absolute Gasteiger partial charge is 0.251 e. The van der Waals surface area contributed by atoms with E-state index in [4.69, 9.17) is 15.2 Å². The molecule has 1 heterocycles. The number of fused-ring (bicyclic) bond motifs is 1. The number of amides is 1. The Bertz CT molecular complexity index is 842. The molecule has 0 aliphatic heterocycles. The quantitative estimate of drug-likeness (QED) is 0.791. The Morgan fingerprint density at radius 2 is 2.00 bits per heavy atom. The summed E-state index contributed by atoms with van der Waals surface area (Å²) in [7, 11) is 0. The third kappa shape index (κ3) is 4.55. The van der Waals surface area contributed by atoms with Gasteiger partial charge in [0, 0.05) is 24.0 Å². The number of carbonyl (C=O) groups excluding carboxylic acids is 1. The Morgan fingerprint density at radius 1 is 1.29 bits per heavy atom. The number of nitrogens with zero attached hydrogens (tertiary/aromatic N) is 1. The van der Waals surface area contributed by atoms with Crippen LogP contribution in [-0.4, -0.2) is 35.2 Å². The van der Waals surface area contributed by atoms with Crippen LogP contribution in [0.1, 0.15) is 52.1 Å². The highest BCUT2D eigenvalue weighted by Crippen LogP contribution is 2.33. The molecular formula is C22H31N3O3. The van der Waals surface area contributed by atoms with Gasteiger partial charge in [0.25, 0.3) is 5.91 Å². The molecule has 0 atom stereocenters. The maximum atomic E-state index is 12.4. The Labute approximate surface area is 166 Å². The van der Waals surface area contributed by atoms with Gasteiger partial charge in [0.1, 0.15) is 11.4 Å². The molecule has 152 valence electrons. The van der Waals surface area contributed by atoms with Gasteiger partial charge < -0.3 is 20.5 Å². The van der Waals surface area contributed by atoms with Gasteiger partial charge in [0.15, 0.2) is 0 Å². The molecule has 6 heteroatoms. The zero-order valence-corrected chi connectivity index (χ0v) is 17.2. The van der Waals surface area contributed by atoms with Crippen LogP contribution in [0.2, 0.25) is 0 Å². The third-order valence-electron chi connectivity index (χ3n) is 5.31. The average Bonchev–Trinajstić information content (AvgIpc) is 2.63. The van der Waals surface area contributed by atoms with Crippen LogP contribution >= 0.6 is 0 Å². The Hall–Kier alpha value is -2.34. The number of nitrogens with one attached hydrogen (secondary N) is 1. The number of aromatic nitrogens is 1. The van der Waals surface area contributed by atoms with Gasteiger partial charge in [-0.2, -0.15) is 0 Å². The molecule has 0 saturated heterocycles. The number of anilines is 1. The highest BCUT2D eigenvalue weighted by Gasteiger charge is 2.31. The van der Waals surface area contributed by atoms with E-state index < -0.39 is 5.60 Å². The molecule has 0 radical (unpaired) electrons. The second-order valence-electron chi connectivity index (χ2n) is 8.01. The molecule has 0 bridgehead atoms. The first-order valence-electron chi connectivity index (χ1n) is 10.1. The van der Waals surface area contributed by atoms with Crippen LogP contribution in [-0.2, 0) is 9.53 Å². The van der Waals surface area contributed by atoms with Gasteiger partial charge in [0.2, 0.25) is 0 Å². The number of ether oxygens (including phenoxy) is 2. The first-order valence-corrected chi connectivity index (χ1v) is 10.1. The number of nitrogen functional groups attached to an aromatic ring is 1. The van der Waals surface area contributed by atoms with E-state index in [0.717, 1.165) is 48.0 Å². The van der Waals surface area contributed by atoms with E-state index >= 15 is 0 Å². The van der Waals surface area contributed by atoms with E-state index in [-0.39, 0.29) is 18.1 Å². The summed E-state index contributed by atoms with van der Waals surface area (Å²) in [4.78, 5) is 17.0. The number of hydrogen-bond acceptors (Lipinski definition) is 5. The third-order valence-corrected chi connectivity index (χ3v) is 5.31. The molecule has 1 amide bonds. The molecule has 3 N–H and O–H groups in total. The maximum Gasteiger partial charge on any atom is 0.251 e. The summed E-state index contributed by atoms with van der Waals surface area (Å²) in [6.45, 7) is 7.96. The summed E-state index contributed by atoms with van der Waals surface area (Å²) in [5, 5.41) is 4.00. The maximum absolute atomic E-state index is 12.4. The standard InChI is InChI=1S/C22H31N3O3/c1-5-27-22(3,4)21(26)25-15-9-11-16(12-10-15)28-19-8-6-7-18-20(19)17(23)13-14(2)24-18/h6-8,13,15-16H,5,9-12H2,1-4H3,(H2,23,24)(H,25,26)/t15-,16-. The lowest BCUT2D eigenvalue weighted by atomic mass is 9.92. The van der Waals surface area contributed by atoms with E-state index in [1.54, 1.807) is 13.8 Å². The number of carbonyl (C=O) groups is 1. The first-order chi connectivity index (χ1) is 13.3. The van der Waals surface area contributed by atoms with Gasteiger partial charge in [-0.05, 0) is 71.6 Å². The molecule has 1 aliphatic carbocycles. The summed E-state index contributed by atoms with van der Waals surface area (Å²) in [6, 6.07) is 7.90. The molecule has 3 rings (SSSR count). The van der Waals surface area contributed by atoms with Crippen molar-refractivity contribution in [1.82, 2.24) is 10.3 Å². The average molecular weight is 386 g/mol. The number of pyridine rings is 1. The van der Waals surface area contributed by atoms with Gasteiger partial charge >= 0.3 is 0 Å². The van der Waals surface area contributed by atoms with Crippen molar-refractivity contribution < 1.29 is 14.3 Å². The van der Waals surface area contributed by atoms with Crippen molar-refractivity contribution in [1.29, 1.82) is 0 Å². The van der Waals surface area contributed by atoms with E-state index in [9.17, 15) is 4.79 Å². The van der Waals surface area contributed by atoms with Gasteiger partial charge in [-0.3, -0.25) is 9.78 Å². The summed E-state index contributed by atoms with van der Waals surface area (Å²) in [6.07, 6.45) is 3.65.